The topological polar surface area (TPSA) is 49.3 Å². The molecule has 19 heavy (non-hydrogen) atoms. The predicted octanol–water partition coefficient (Wildman–Crippen LogP) is 2.42. The Morgan fingerprint density at radius 3 is 2.68 bits per heavy atom. The van der Waals surface area contributed by atoms with Crippen LogP contribution in [0.25, 0.3) is 0 Å². The molecule has 1 amide bonds. The van der Waals surface area contributed by atoms with E-state index in [4.69, 9.17) is 0 Å². The fourth-order valence-corrected chi connectivity index (χ4v) is 2.68. The summed E-state index contributed by atoms with van der Waals surface area (Å²) in [5, 5.41) is 12.2. The van der Waals surface area contributed by atoms with E-state index >= 15 is 0 Å². The van der Waals surface area contributed by atoms with Crippen molar-refractivity contribution in [1.82, 2.24) is 5.32 Å². The van der Waals surface area contributed by atoms with Crippen molar-refractivity contribution in [2.75, 3.05) is 13.2 Å². The van der Waals surface area contributed by atoms with Crippen molar-refractivity contribution in [1.29, 1.82) is 0 Å². The Morgan fingerprint density at radius 2 is 2.11 bits per heavy atom. The number of carbonyl (C=O) groups is 1. The molecule has 2 rings (SSSR count). The molecule has 1 aliphatic carbocycles. The summed E-state index contributed by atoms with van der Waals surface area (Å²) in [6, 6.07) is 4.57. The lowest BCUT2D eigenvalue weighted by molar-refractivity contribution is 0.0877. The number of halogens is 1. The van der Waals surface area contributed by atoms with Gasteiger partial charge in [0.25, 0.3) is 5.91 Å². The molecule has 0 saturated heterocycles. The van der Waals surface area contributed by atoms with Gasteiger partial charge in [-0.05, 0) is 37.5 Å². The summed E-state index contributed by atoms with van der Waals surface area (Å²) < 4.78 is 13.7. The minimum atomic E-state index is -0.498. The van der Waals surface area contributed by atoms with E-state index in [-0.39, 0.29) is 17.6 Å². The van der Waals surface area contributed by atoms with Crippen molar-refractivity contribution < 1.29 is 14.3 Å². The maximum absolute atomic E-state index is 13.7. The third-order valence-electron chi connectivity index (χ3n) is 3.99. The Balaban J connectivity index is 2.01. The number of rotatable bonds is 4. The lowest BCUT2D eigenvalue weighted by Crippen LogP contribution is -2.38. The molecule has 1 saturated carbocycles. The summed E-state index contributed by atoms with van der Waals surface area (Å²) in [6.45, 7) is 2.27. The van der Waals surface area contributed by atoms with Crippen LogP contribution in [0.1, 0.15) is 41.6 Å². The van der Waals surface area contributed by atoms with Gasteiger partial charge in [-0.1, -0.05) is 18.9 Å². The number of hydrogen-bond acceptors (Lipinski definition) is 2. The fraction of sp³-hybridized carbons (Fsp3) is 0.533. The molecule has 1 fully saturated rings. The Hall–Kier alpha value is -1.42. The molecule has 3 nitrogen and oxygen atoms in total. The van der Waals surface area contributed by atoms with Crippen molar-refractivity contribution in [2.45, 2.75) is 32.6 Å². The molecule has 2 N–H and O–H groups in total. The molecule has 4 heteroatoms. The van der Waals surface area contributed by atoms with Crippen LogP contribution in [0.4, 0.5) is 4.39 Å². The van der Waals surface area contributed by atoms with Gasteiger partial charge in [0.15, 0.2) is 0 Å². The first-order valence-corrected chi connectivity index (χ1v) is 6.72. The van der Waals surface area contributed by atoms with Gasteiger partial charge in [0.2, 0.25) is 0 Å². The molecule has 0 spiro atoms. The van der Waals surface area contributed by atoms with Crippen molar-refractivity contribution in [3.63, 3.8) is 0 Å². The molecule has 1 aliphatic rings. The highest BCUT2D eigenvalue weighted by molar-refractivity contribution is 5.94. The van der Waals surface area contributed by atoms with Crippen LogP contribution in [0.3, 0.4) is 0 Å². The molecule has 1 aromatic carbocycles. The monoisotopic (exact) mass is 265 g/mol. The molecule has 0 atom stereocenters. The molecule has 0 bridgehead atoms. The molecule has 104 valence electrons. The van der Waals surface area contributed by atoms with E-state index in [0.717, 1.165) is 31.2 Å². The van der Waals surface area contributed by atoms with Gasteiger partial charge < -0.3 is 10.4 Å². The first kappa shape index (κ1) is 14.0. The van der Waals surface area contributed by atoms with Crippen molar-refractivity contribution in [3.8, 4) is 0 Å². The first-order chi connectivity index (χ1) is 9.06. The Labute approximate surface area is 112 Å². The molecule has 0 unspecified atom stereocenters. The van der Waals surface area contributed by atoms with Crippen LogP contribution in [-0.4, -0.2) is 24.2 Å². The van der Waals surface area contributed by atoms with Gasteiger partial charge in [-0.15, -0.1) is 0 Å². The van der Waals surface area contributed by atoms with Crippen LogP contribution < -0.4 is 5.32 Å². The summed E-state index contributed by atoms with van der Waals surface area (Å²) in [5.41, 5.74) is 0.643. The summed E-state index contributed by atoms with van der Waals surface area (Å²) in [6.07, 6.45) is 3.99. The van der Waals surface area contributed by atoms with Crippen LogP contribution in [0, 0.1) is 18.2 Å². The number of aliphatic hydroxyl groups is 1. The van der Waals surface area contributed by atoms with Gasteiger partial charge >= 0.3 is 0 Å². The van der Waals surface area contributed by atoms with Gasteiger partial charge in [0, 0.05) is 12.0 Å². The number of carbonyl (C=O) groups excluding carboxylic acids is 1. The van der Waals surface area contributed by atoms with Crippen molar-refractivity contribution in [2.24, 2.45) is 5.41 Å². The lowest BCUT2D eigenvalue weighted by atomic mass is 9.87. The van der Waals surface area contributed by atoms with E-state index in [1.54, 1.807) is 13.0 Å². The second-order valence-electron chi connectivity index (χ2n) is 5.53. The van der Waals surface area contributed by atoms with Gasteiger partial charge in [-0.2, -0.15) is 0 Å². The van der Waals surface area contributed by atoms with E-state index in [2.05, 4.69) is 5.32 Å². The quantitative estimate of drug-likeness (QED) is 0.878. The minimum Gasteiger partial charge on any atom is -0.396 e. The fourth-order valence-electron chi connectivity index (χ4n) is 2.68. The summed E-state index contributed by atoms with van der Waals surface area (Å²) in [7, 11) is 0. The van der Waals surface area contributed by atoms with Crippen LogP contribution in [0.15, 0.2) is 18.2 Å². The number of aryl methyl sites for hydroxylation is 1. The molecule has 0 aromatic heterocycles. The predicted molar refractivity (Wildman–Crippen MR) is 71.5 cm³/mol. The highest BCUT2D eigenvalue weighted by Crippen LogP contribution is 2.36. The lowest BCUT2D eigenvalue weighted by Gasteiger charge is -2.26. The Bertz CT molecular complexity index is 467. The summed E-state index contributed by atoms with van der Waals surface area (Å²) in [4.78, 5) is 12.0. The zero-order valence-electron chi connectivity index (χ0n) is 11.2. The number of nitrogens with one attached hydrogen (secondary N) is 1. The number of benzene rings is 1. The third kappa shape index (κ3) is 3.13. The normalized spacial score (nSPS) is 17.4. The SMILES string of the molecule is Cc1ccc(C(=O)NCC2(CO)CCCC2)c(F)c1. The van der Waals surface area contributed by atoms with E-state index in [1.165, 1.54) is 12.1 Å². The van der Waals surface area contributed by atoms with Crippen molar-refractivity contribution >= 4 is 5.91 Å². The van der Waals surface area contributed by atoms with Crippen LogP contribution in [0.2, 0.25) is 0 Å². The van der Waals surface area contributed by atoms with Gasteiger partial charge in [0.1, 0.15) is 5.82 Å². The zero-order chi connectivity index (χ0) is 13.9. The van der Waals surface area contributed by atoms with E-state index in [1.807, 2.05) is 0 Å². The summed E-state index contributed by atoms with van der Waals surface area (Å²) >= 11 is 0. The van der Waals surface area contributed by atoms with Crippen LogP contribution in [0.5, 0.6) is 0 Å². The average molecular weight is 265 g/mol. The van der Waals surface area contributed by atoms with Gasteiger partial charge in [-0.3, -0.25) is 4.79 Å². The van der Waals surface area contributed by atoms with E-state index in [0.29, 0.717) is 6.54 Å². The van der Waals surface area contributed by atoms with Crippen LogP contribution >= 0.6 is 0 Å². The second kappa shape index (κ2) is 5.70. The largest absolute Gasteiger partial charge is 0.396 e. The smallest absolute Gasteiger partial charge is 0.254 e. The number of hydrogen-bond donors (Lipinski definition) is 2. The maximum Gasteiger partial charge on any atom is 0.254 e. The standard InChI is InChI=1S/C15H20FNO2/c1-11-4-5-12(13(16)8-11)14(19)17-9-15(10-18)6-2-3-7-15/h4-5,8,18H,2-3,6-7,9-10H2,1H3,(H,17,19). The van der Waals surface area contributed by atoms with E-state index in [9.17, 15) is 14.3 Å². The molecule has 0 aliphatic heterocycles. The molecular formula is C15H20FNO2. The van der Waals surface area contributed by atoms with Gasteiger partial charge in [-0.25, -0.2) is 4.39 Å². The highest BCUT2D eigenvalue weighted by atomic mass is 19.1. The first-order valence-electron chi connectivity index (χ1n) is 6.72. The zero-order valence-corrected chi connectivity index (χ0v) is 11.2. The summed E-state index contributed by atoms with van der Waals surface area (Å²) in [5.74, 6) is -0.904. The third-order valence-corrected chi connectivity index (χ3v) is 3.99. The Morgan fingerprint density at radius 1 is 1.42 bits per heavy atom. The second-order valence-corrected chi connectivity index (χ2v) is 5.53. The maximum atomic E-state index is 13.7. The minimum absolute atomic E-state index is 0.0664. The van der Waals surface area contributed by atoms with Gasteiger partial charge in [0.05, 0.1) is 12.2 Å². The molecule has 1 aromatic rings. The average Bonchev–Trinajstić information content (AvgIpc) is 2.85. The highest BCUT2D eigenvalue weighted by Gasteiger charge is 2.33. The number of aliphatic hydroxyl groups excluding tert-OH is 1. The van der Waals surface area contributed by atoms with E-state index < -0.39 is 11.7 Å². The number of amides is 1. The molecule has 0 heterocycles. The van der Waals surface area contributed by atoms with Crippen LogP contribution in [-0.2, 0) is 0 Å². The van der Waals surface area contributed by atoms with Crippen molar-refractivity contribution in [3.05, 3.63) is 35.1 Å². The Kier molecular flexibility index (Phi) is 4.20. The molecular weight excluding hydrogens is 245 g/mol. The molecule has 0 radical (unpaired) electrons.